The zero-order valence-electron chi connectivity index (χ0n) is 9.23. The summed E-state index contributed by atoms with van der Waals surface area (Å²) in [6, 6.07) is 0. The molecule has 1 saturated carbocycles. The van der Waals surface area contributed by atoms with Crippen molar-refractivity contribution in [2.45, 2.75) is 33.1 Å². The molecule has 0 N–H and O–H groups in total. The Morgan fingerprint density at radius 3 is 2.60 bits per heavy atom. The fraction of sp³-hybridized carbons (Fsp3) is 0.583. The van der Waals surface area contributed by atoms with Crippen molar-refractivity contribution in [1.82, 2.24) is 9.97 Å². The van der Waals surface area contributed by atoms with E-state index < -0.39 is 0 Å². The molecule has 0 spiro atoms. The average molecular weight is 204 g/mol. The van der Waals surface area contributed by atoms with Gasteiger partial charge in [-0.2, -0.15) is 0 Å². The largest absolute Gasteiger partial charge is 0.292 e. The minimum Gasteiger partial charge on any atom is -0.292 e. The number of hydrogen-bond acceptors (Lipinski definition) is 3. The van der Waals surface area contributed by atoms with Crippen LogP contribution in [0.1, 0.15) is 43.6 Å². The maximum Gasteiger partial charge on any atom is 0.188 e. The van der Waals surface area contributed by atoms with E-state index in [1.807, 2.05) is 13.8 Å². The van der Waals surface area contributed by atoms with Crippen molar-refractivity contribution in [1.29, 1.82) is 0 Å². The van der Waals surface area contributed by atoms with Crippen LogP contribution in [0, 0.1) is 11.3 Å². The summed E-state index contributed by atoms with van der Waals surface area (Å²) in [5.74, 6) is 0.646. The Hall–Kier alpha value is -1.25. The topological polar surface area (TPSA) is 42.9 Å². The smallest absolute Gasteiger partial charge is 0.188 e. The second-order valence-corrected chi connectivity index (χ2v) is 4.77. The van der Waals surface area contributed by atoms with E-state index in [4.69, 9.17) is 0 Å². The molecule has 0 amide bonds. The molecule has 0 aliphatic heterocycles. The average Bonchev–Trinajstić information content (AvgIpc) is 2.14. The van der Waals surface area contributed by atoms with E-state index in [1.54, 1.807) is 18.6 Å². The van der Waals surface area contributed by atoms with Crippen molar-refractivity contribution in [3.8, 4) is 0 Å². The van der Waals surface area contributed by atoms with E-state index in [0.29, 0.717) is 11.6 Å². The van der Waals surface area contributed by atoms with Gasteiger partial charge in [0.25, 0.3) is 0 Å². The summed E-state index contributed by atoms with van der Waals surface area (Å²) < 4.78 is 0. The number of carbonyl (C=O) groups is 1. The van der Waals surface area contributed by atoms with Crippen LogP contribution < -0.4 is 0 Å². The third kappa shape index (κ3) is 1.78. The highest BCUT2D eigenvalue weighted by atomic mass is 16.1. The predicted molar refractivity (Wildman–Crippen MR) is 57.5 cm³/mol. The van der Waals surface area contributed by atoms with Gasteiger partial charge >= 0.3 is 0 Å². The van der Waals surface area contributed by atoms with Crippen LogP contribution in [-0.4, -0.2) is 15.8 Å². The number of nitrogens with zero attached hydrogens (tertiary/aromatic N) is 2. The number of aromatic nitrogens is 2. The van der Waals surface area contributed by atoms with Gasteiger partial charge in [0.2, 0.25) is 0 Å². The molecule has 0 unspecified atom stereocenters. The van der Waals surface area contributed by atoms with Crippen LogP contribution in [0.25, 0.3) is 0 Å². The molecule has 0 radical (unpaired) electrons. The summed E-state index contributed by atoms with van der Waals surface area (Å²) in [7, 11) is 0. The Morgan fingerprint density at radius 2 is 2.13 bits per heavy atom. The Morgan fingerprint density at radius 1 is 1.40 bits per heavy atom. The molecule has 2 rings (SSSR count). The predicted octanol–water partition coefficient (Wildman–Crippen LogP) is 2.49. The number of Topliss-reactive ketones (excluding diaryl/α,β-unsaturated/α-hetero) is 1. The Labute approximate surface area is 89.9 Å². The van der Waals surface area contributed by atoms with Gasteiger partial charge in [0.1, 0.15) is 5.69 Å². The standard InChI is InChI=1S/C12H16N2O/c1-12(2,9-4-3-5-9)11(15)10-8-13-6-7-14-10/h6-9H,3-5H2,1-2H3. The maximum absolute atomic E-state index is 12.2. The zero-order valence-corrected chi connectivity index (χ0v) is 9.23. The van der Waals surface area contributed by atoms with Gasteiger partial charge in [-0.15, -0.1) is 0 Å². The molecular formula is C12H16N2O. The molecule has 1 heterocycles. The second-order valence-electron chi connectivity index (χ2n) is 4.77. The number of carbonyl (C=O) groups excluding carboxylic acids is 1. The third-order valence-corrected chi connectivity index (χ3v) is 3.51. The lowest BCUT2D eigenvalue weighted by molar-refractivity contribution is 0.0615. The van der Waals surface area contributed by atoms with Gasteiger partial charge in [-0.25, -0.2) is 4.98 Å². The van der Waals surface area contributed by atoms with E-state index in [1.165, 1.54) is 19.3 Å². The first-order valence-electron chi connectivity index (χ1n) is 5.43. The summed E-state index contributed by atoms with van der Waals surface area (Å²) in [6.45, 7) is 4.04. The Balaban J connectivity index is 2.20. The number of ketones is 1. The van der Waals surface area contributed by atoms with Gasteiger partial charge in [0.05, 0.1) is 6.20 Å². The molecule has 1 aromatic rings. The lowest BCUT2D eigenvalue weighted by Crippen LogP contribution is -2.37. The molecule has 0 atom stereocenters. The lowest BCUT2D eigenvalue weighted by Gasteiger charge is -2.38. The second kappa shape index (κ2) is 3.72. The van der Waals surface area contributed by atoms with Crippen LogP contribution in [0.5, 0.6) is 0 Å². The summed E-state index contributed by atoms with van der Waals surface area (Å²) in [5, 5.41) is 0. The molecule has 3 nitrogen and oxygen atoms in total. The highest BCUT2D eigenvalue weighted by molar-refractivity contribution is 5.98. The van der Waals surface area contributed by atoms with E-state index in [-0.39, 0.29) is 11.2 Å². The first-order chi connectivity index (χ1) is 7.12. The van der Waals surface area contributed by atoms with Crippen molar-refractivity contribution in [2.75, 3.05) is 0 Å². The molecule has 15 heavy (non-hydrogen) atoms. The van der Waals surface area contributed by atoms with Crippen LogP contribution >= 0.6 is 0 Å². The number of rotatable bonds is 3. The third-order valence-electron chi connectivity index (χ3n) is 3.51. The van der Waals surface area contributed by atoms with Gasteiger partial charge in [0, 0.05) is 17.8 Å². The van der Waals surface area contributed by atoms with Gasteiger partial charge in [-0.05, 0) is 18.8 Å². The Bertz CT molecular complexity index is 355. The molecule has 1 aromatic heterocycles. The van der Waals surface area contributed by atoms with Gasteiger partial charge < -0.3 is 0 Å². The quantitative estimate of drug-likeness (QED) is 0.710. The van der Waals surface area contributed by atoms with E-state index in [2.05, 4.69) is 9.97 Å². The molecule has 3 heteroatoms. The maximum atomic E-state index is 12.2. The van der Waals surface area contributed by atoms with Crippen molar-refractivity contribution in [3.63, 3.8) is 0 Å². The van der Waals surface area contributed by atoms with Crippen LogP contribution in [0.3, 0.4) is 0 Å². The Kier molecular flexibility index (Phi) is 2.55. The lowest BCUT2D eigenvalue weighted by atomic mass is 9.65. The zero-order chi connectivity index (χ0) is 10.9. The first-order valence-corrected chi connectivity index (χ1v) is 5.43. The SMILES string of the molecule is CC(C)(C(=O)c1cnccn1)C1CCC1. The van der Waals surface area contributed by atoms with E-state index in [9.17, 15) is 4.79 Å². The highest BCUT2D eigenvalue weighted by Gasteiger charge is 2.40. The van der Waals surface area contributed by atoms with Crippen molar-refractivity contribution in [3.05, 3.63) is 24.3 Å². The fourth-order valence-electron chi connectivity index (χ4n) is 2.06. The summed E-state index contributed by atoms with van der Waals surface area (Å²) in [5.41, 5.74) is 0.211. The minimum absolute atomic E-state index is 0.125. The van der Waals surface area contributed by atoms with E-state index >= 15 is 0 Å². The van der Waals surface area contributed by atoms with Crippen molar-refractivity contribution < 1.29 is 4.79 Å². The van der Waals surface area contributed by atoms with Crippen LogP contribution in [-0.2, 0) is 0 Å². The molecule has 1 aliphatic carbocycles. The molecule has 0 bridgehead atoms. The minimum atomic E-state index is -0.283. The molecule has 0 saturated heterocycles. The van der Waals surface area contributed by atoms with Gasteiger partial charge in [-0.3, -0.25) is 9.78 Å². The summed E-state index contributed by atoms with van der Waals surface area (Å²) in [6.07, 6.45) is 8.31. The summed E-state index contributed by atoms with van der Waals surface area (Å²) >= 11 is 0. The molecule has 80 valence electrons. The number of hydrogen-bond donors (Lipinski definition) is 0. The fourth-order valence-corrected chi connectivity index (χ4v) is 2.06. The van der Waals surface area contributed by atoms with Gasteiger partial charge in [-0.1, -0.05) is 20.3 Å². The first kappa shape index (κ1) is 10.3. The van der Waals surface area contributed by atoms with Crippen LogP contribution in [0.4, 0.5) is 0 Å². The molecule has 1 aliphatic rings. The van der Waals surface area contributed by atoms with Crippen LogP contribution in [0.15, 0.2) is 18.6 Å². The normalized spacial score (nSPS) is 17.2. The molecular weight excluding hydrogens is 188 g/mol. The summed E-state index contributed by atoms with van der Waals surface area (Å²) in [4.78, 5) is 20.2. The molecule has 1 fully saturated rings. The highest BCUT2D eigenvalue weighted by Crippen LogP contribution is 2.43. The van der Waals surface area contributed by atoms with Crippen molar-refractivity contribution in [2.24, 2.45) is 11.3 Å². The van der Waals surface area contributed by atoms with Crippen LogP contribution in [0.2, 0.25) is 0 Å². The van der Waals surface area contributed by atoms with Crippen molar-refractivity contribution >= 4 is 5.78 Å². The monoisotopic (exact) mass is 204 g/mol. The molecule has 0 aromatic carbocycles. The van der Waals surface area contributed by atoms with E-state index in [0.717, 1.165) is 0 Å². The van der Waals surface area contributed by atoms with Gasteiger partial charge in [0.15, 0.2) is 5.78 Å².